The Morgan fingerprint density at radius 3 is 2.55 bits per heavy atom. The molecule has 1 aromatic heterocycles. The summed E-state index contributed by atoms with van der Waals surface area (Å²) in [5.74, 6) is 1.27. The second kappa shape index (κ2) is 11.2. The van der Waals surface area contributed by atoms with E-state index in [0.717, 1.165) is 48.3 Å². The molecule has 0 fully saturated rings. The third-order valence-corrected chi connectivity index (χ3v) is 5.04. The molecule has 1 N–H and O–H groups in total. The molecular formula is C24H29N3O4. The number of esters is 1. The highest BCUT2D eigenvalue weighted by molar-refractivity contribution is 5.94. The van der Waals surface area contributed by atoms with Gasteiger partial charge in [0.2, 0.25) is 0 Å². The Hall–Kier alpha value is -3.35. The molecule has 2 aromatic carbocycles. The van der Waals surface area contributed by atoms with Crippen molar-refractivity contribution in [3.05, 3.63) is 59.9 Å². The summed E-state index contributed by atoms with van der Waals surface area (Å²) in [7, 11) is 1.60. The molecule has 0 unspecified atom stereocenters. The van der Waals surface area contributed by atoms with Gasteiger partial charge in [0, 0.05) is 18.5 Å². The Morgan fingerprint density at radius 2 is 1.81 bits per heavy atom. The van der Waals surface area contributed by atoms with Gasteiger partial charge in [-0.1, -0.05) is 18.6 Å². The largest absolute Gasteiger partial charge is 0.497 e. The number of para-hydroxylation sites is 2. The summed E-state index contributed by atoms with van der Waals surface area (Å²) in [6, 6.07) is 14.9. The fourth-order valence-electron chi connectivity index (χ4n) is 3.46. The van der Waals surface area contributed by atoms with Crippen molar-refractivity contribution in [2.75, 3.05) is 20.3 Å². The molecular weight excluding hydrogens is 394 g/mol. The zero-order valence-electron chi connectivity index (χ0n) is 18.1. The van der Waals surface area contributed by atoms with Gasteiger partial charge in [-0.2, -0.15) is 0 Å². The van der Waals surface area contributed by atoms with Gasteiger partial charge in [0.15, 0.2) is 0 Å². The van der Waals surface area contributed by atoms with Crippen LogP contribution in [0.3, 0.4) is 0 Å². The van der Waals surface area contributed by atoms with E-state index in [0.29, 0.717) is 18.7 Å². The van der Waals surface area contributed by atoms with Crippen LogP contribution in [0.1, 0.15) is 42.4 Å². The molecule has 1 amide bonds. The maximum Gasteiger partial charge on any atom is 0.326 e. The lowest BCUT2D eigenvalue weighted by Crippen LogP contribution is -2.24. The van der Waals surface area contributed by atoms with E-state index in [1.807, 2.05) is 28.8 Å². The van der Waals surface area contributed by atoms with Gasteiger partial charge in [0.05, 0.1) is 24.8 Å². The maximum atomic E-state index is 12.2. The number of carbonyl (C=O) groups is 2. The number of fused-ring (bicyclic) bond motifs is 1. The van der Waals surface area contributed by atoms with Crippen LogP contribution in [0.15, 0.2) is 48.5 Å². The first-order chi connectivity index (χ1) is 15.1. The number of carbonyl (C=O) groups excluding carboxylic acids is 2. The van der Waals surface area contributed by atoms with E-state index in [9.17, 15) is 9.59 Å². The number of nitrogens with one attached hydrogen (secondary N) is 1. The molecule has 1 heterocycles. The number of aryl methyl sites for hydroxylation is 1. The first-order valence-electron chi connectivity index (χ1n) is 10.6. The number of hydrogen-bond donors (Lipinski definition) is 1. The van der Waals surface area contributed by atoms with E-state index in [-0.39, 0.29) is 18.4 Å². The van der Waals surface area contributed by atoms with Gasteiger partial charge < -0.3 is 19.4 Å². The fraction of sp³-hybridized carbons (Fsp3) is 0.375. The van der Waals surface area contributed by atoms with E-state index in [4.69, 9.17) is 14.5 Å². The Morgan fingerprint density at radius 1 is 1.03 bits per heavy atom. The van der Waals surface area contributed by atoms with Gasteiger partial charge in [-0.3, -0.25) is 9.59 Å². The molecule has 0 spiro atoms. The Bertz CT molecular complexity index is 1010. The molecule has 0 saturated heterocycles. The van der Waals surface area contributed by atoms with Crippen LogP contribution < -0.4 is 10.1 Å². The maximum absolute atomic E-state index is 12.2. The number of ether oxygens (including phenoxy) is 2. The Balaban J connectivity index is 1.47. The monoisotopic (exact) mass is 423 g/mol. The second-order valence-electron chi connectivity index (χ2n) is 7.20. The molecule has 7 nitrogen and oxygen atoms in total. The lowest BCUT2D eigenvalue weighted by Gasteiger charge is -2.09. The first-order valence-corrected chi connectivity index (χ1v) is 10.6. The molecule has 0 radical (unpaired) electrons. The van der Waals surface area contributed by atoms with Crippen LogP contribution in [0.5, 0.6) is 5.75 Å². The average Bonchev–Trinajstić information content (AvgIpc) is 3.13. The van der Waals surface area contributed by atoms with Gasteiger partial charge in [0.25, 0.3) is 5.91 Å². The molecule has 164 valence electrons. The number of amides is 1. The Kier molecular flexibility index (Phi) is 8.04. The molecule has 7 heteroatoms. The lowest BCUT2D eigenvalue weighted by molar-refractivity contribution is -0.143. The van der Waals surface area contributed by atoms with E-state index in [2.05, 4.69) is 5.32 Å². The van der Waals surface area contributed by atoms with Crippen LogP contribution in [0.25, 0.3) is 11.0 Å². The molecule has 0 atom stereocenters. The molecule has 0 aliphatic heterocycles. The molecule has 0 bridgehead atoms. The predicted molar refractivity (Wildman–Crippen MR) is 119 cm³/mol. The molecule has 0 saturated carbocycles. The smallest absolute Gasteiger partial charge is 0.326 e. The standard InChI is InChI=1S/C24H29N3O4/c1-3-31-23(28)17-27-21-10-7-6-9-20(21)26-22(27)11-5-4-8-16-25-24(29)18-12-14-19(30-2)15-13-18/h6-7,9-10,12-15H,3-5,8,11,16-17H2,1-2H3,(H,25,29). The van der Waals surface area contributed by atoms with Crippen molar-refractivity contribution in [2.45, 2.75) is 39.2 Å². The van der Waals surface area contributed by atoms with Crippen molar-refractivity contribution >= 4 is 22.9 Å². The highest BCUT2D eigenvalue weighted by Gasteiger charge is 2.14. The topological polar surface area (TPSA) is 82.5 Å². The summed E-state index contributed by atoms with van der Waals surface area (Å²) in [5.41, 5.74) is 2.44. The van der Waals surface area contributed by atoms with Gasteiger partial charge in [-0.05, 0) is 56.2 Å². The average molecular weight is 424 g/mol. The zero-order valence-corrected chi connectivity index (χ0v) is 18.1. The van der Waals surface area contributed by atoms with E-state index >= 15 is 0 Å². The SMILES string of the molecule is CCOC(=O)Cn1c(CCCCCNC(=O)c2ccc(OC)cc2)nc2ccccc21. The van der Waals surface area contributed by atoms with Crippen LogP contribution >= 0.6 is 0 Å². The number of aromatic nitrogens is 2. The van der Waals surface area contributed by atoms with Crippen molar-refractivity contribution in [2.24, 2.45) is 0 Å². The van der Waals surface area contributed by atoms with Gasteiger partial charge >= 0.3 is 5.97 Å². The normalized spacial score (nSPS) is 10.8. The van der Waals surface area contributed by atoms with Gasteiger partial charge in [-0.15, -0.1) is 0 Å². The van der Waals surface area contributed by atoms with Crippen LogP contribution in [-0.2, 0) is 22.5 Å². The minimum atomic E-state index is -0.256. The fourth-order valence-corrected chi connectivity index (χ4v) is 3.46. The molecule has 3 rings (SSSR count). The van der Waals surface area contributed by atoms with E-state index < -0.39 is 0 Å². The molecule has 0 aliphatic carbocycles. The van der Waals surface area contributed by atoms with Crippen molar-refractivity contribution in [3.8, 4) is 5.75 Å². The minimum Gasteiger partial charge on any atom is -0.497 e. The number of benzene rings is 2. The molecule has 0 aliphatic rings. The summed E-state index contributed by atoms with van der Waals surface area (Å²) in [5, 5.41) is 2.95. The number of hydrogen-bond acceptors (Lipinski definition) is 5. The third kappa shape index (κ3) is 6.07. The predicted octanol–water partition coefficient (Wildman–Crippen LogP) is 3.75. The quantitative estimate of drug-likeness (QED) is 0.375. The molecule has 3 aromatic rings. The summed E-state index contributed by atoms with van der Waals surface area (Å²) in [6.45, 7) is 2.95. The third-order valence-electron chi connectivity index (χ3n) is 5.04. The zero-order chi connectivity index (χ0) is 22.1. The van der Waals surface area contributed by atoms with Crippen LogP contribution in [0, 0.1) is 0 Å². The summed E-state index contributed by atoms with van der Waals surface area (Å²) in [4.78, 5) is 28.9. The van der Waals surface area contributed by atoms with Crippen LogP contribution in [-0.4, -0.2) is 41.7 Å². The van der Waals surface area contributed by atoms with Crippen LogP contribution in [0.2, 0.25) is 0 Å². The number of nitrogens with zero attached hydrogens (tertiary/aromatic N) is 2. The number of methoxy groups -OCH3 is 1. The highest BCUT2D eigenvalue weighted by Crippen LogP contribution is 2.18. The second-order valence-corrected chi connectivity index (χ2v) is 7.20. The van der Waals surface area contributed by atoms with Crippen LogP contribution in [0.4, 0.5) is 0 Å². The summed E-state index contributed by atoms with van der Waals surface area (Å²) < 4.78 is 12.2. The highest BCUT2D eigenvalue weighted by atomic mass is 16.5. The number of unbranched alkanes of at least 4 members (excludes halogenated alkanes) is 2. The Labute approximate surface area is 182 Å². The van der Waals surface area contributed by atoms with Crippen molar-refractivity contribution < 1.29 is 19.1 Å². The molecule has 31 heavy (non-hydrogen) atoms. The summed E-state index contributed by atoms with van der Waals surface area (Å²) >= 11 is 0. The van der Waals surface area contributed by atoms with Gasteiger partial charge in [0.1, 0.15) is 18.1 Å². The first kappa shape index (κ1) is 22.3. The van der Waals surface area contributed by atoms with Crippen molar-refractivity contribution in [3.63, 3.8) is 0 Å². The summed E-state index contributed by atoms with van der Waals surface area (Å²) in [6.07, 6.45) is 3.51. The van der Waals surface area contributed by atoms with Crippen molar-refractivity contribution in [1.29, 1.82) is 0 Å². The van der Waals surface area contributed by atoms with Crippen molar-refractivity contribution in [1.82, 2.24) is 14.9 Å². The van der Waals surface area contributed by atoms with E-state index in [1.165, 1.54) is 0 Å². The number of imidazole rings is 1. The number of rotatable bonds is 11. The lowest BCUT2D eigenvalue weighted by atomic mass is 10.1. The van der Waals surface area contributed by atoms with E-state index in [1.54, 1.807) is 38.3 Å². The van der Waals surface area contributed by atoms with Gasteiger partial charge in [-0.25, -0.2) is 4.98 Å². The minimum absolute atomic E-state index is 0.0844.